The molecule has 168 valence electrons. The Morgan fingerprint density at radius 1 is 1.28 bits per heavy atom. The molecule has 0 saturated heterocycles. The second-order valence-electron chi connectivity index (χ2n) is 8.53. The van der Waals surface area contributed by atoms with Crippen molar-refractivity contribution in [1.29, 1.82) is 0 Å². The fourth-order valence-electron chi connectivity index (χ4n) is 4.52. The SMILES string of the molecule is CCC1(CC)CC(=O)N(Cc2ccnc(C(=O)N[C@@H]3c4ccccc4C[C@H]3O)c2)C(N)=N1. The zero-order chi connectivity index (χ0) is 22.9. The van der Waals surface area contributed by atoms with E-state index in [0.717, 1.165) is 29.5 Å². The van der Waals surface area contributed by atoms with Gasteiger partial charge in [0.05, 0.1) is 30.7 Å². The monoisotopic (exact) mass is 435 g/mol. The van der Waals surface area contributed by atoms with Gasteiger partial charge in [0.1, 0.15) is 5.69 Å². The van der Waals surface area contributed by atoms with E-state index in [1.165, 1.54) is 11.1 Å². The largest absolute Gasteiger partial charge is 0.390 e. The maximum atomic E-state index is 12.9. The third-order valence-corrected chi connectivity index (χ3v) is 6.61. The first-order chi connectivity index (χ1) is 15.4. The Morgan fingerprint density at radius 2 is 2.03 bits per heavy atom. The Labute approximate surface area is 187 Å². The number of aromatic nitrogens is 1. The van der Waals surface area contributed by atoms with Crippen molar-refractivity contribution >= 4 is 17.8 Å². The van der Waals surface area contributed by atoms with Crippen LogP contribution in [0.4, 0.5) is 0 Å². The Bertz CT molecular complexity index is 1060. The van der Waals surface area contributed by atoms with Crippen LogP contribution in [0.25, 0.3) is 0 Å². The van der Waals surface area contributed by atoms with Crippen molar-refractivity contribution in [3.05, 3.63) is 65.0 Å². The minimum absolute atomic E-state index is 0.0744. The third-order valence-electron chi connectivity index (χ3n) is 6.61. The summed E-state index contributed by atoms with van der Waals surface area (Å²) >= 11 is 0. The number of aliphatic hydroxyl groups is 1. The van der Waals surface area contributed by atoms with Crippen LogP contribution in [0.1, 0.15) is 66.3 Å². The highest BCUT2D eigenvalue weighted by Gasteiger charge is 2.37. The van der Waals surface area contributed by atoms with Crippen molar-refractivity contribution in [3.8, 4) is 0 Å². The Balaban J connectivity index is 1.50. The number of nitrogens with one attached hydrogen (secondary N) is 1. The molecule has 1 aromatic heterocycles. The van der Waals surface area contributed by atoms with Crippen molar-refractivity contribution < 1.29 is 14.7 Å². The molecule has 4 rings (SSSR count). The molecule has 2 heterocycles. The number of carbonyl (C=O) groups excluding carboxylic acids is 2. The van der Waals surface area contributed by atoms with Gasteiger partial charge in [-0.05, 0) is 41.7 Å². The summed E-state index contributed by atoms with van der Waals surface area (Å²) in [7, 11) is 0. The summed E-state index contributed by atoms with van der Waals surface area (Å²) in [6.45, 7) is 4.24. The van der Waals surface area contributed by atoms with E-state index in [-0.39, 0.29) is 30.0 Å². The molecule has 8 heteroatoms. The van der Waals surface area contributed by atoms with Crippen molar-refractivity contribution in [2.24, 2.45) is 10.7 Å². The summed E-state index contributed by atoms with van der Waals surface area (Å²) in [5.74, 6) is -0.247. The minimum Gasteiger partial charge on any atom is -0.390 e. The van der Waals surface area contributed by atoms with E-state index in [0.29, 0.717) is 12.8 Å². The number of guanidine groups is 1. The number of fused-ring (bicyclic) bond motifs is 1. The van der Waals surface area contributed by atoms with Gasteiger partial charge in [-0.15, -0.1) is 0 Å². The summed E-state index contributed by atoms with van der Waals surface area (Å²) in [6, 6.07) is 10.6. The first kappa shape index (κ1) is 22.0. The van der Waals surface area contributed by atoms with Crippen LogP contribution in [0, 0.1) is 0 Å². The van der Waals surface area contributed by atoms with Crippen LogP contribution in [-0.4, -0.2) is 44.4 Å². The topological polar surface area (TPSA) is 121 Å². The lowest BCUT2D eigenvalue weighted by atomic mass is 9.88. The van der Waals surface area contributed by atoms with Crippen molar-refractivity contribution in [2.45, 2.75) is 63.8 Å². The number of hydrogen-bond donors (Lipinski definition) is 3. The standard InChI is InChI=1S/C24H29N5O3/c1-3-24(4-2)13-20(31)29(23(25)28-24)14-15-9-10-26-18(11-15)22(32)27-21-17-8-6-5-7-16(17)12-19(21)30/h5-11,19,21,30H,3-4,12-14H2,1-2H3,(H2,25,28)(H,27,32)/t19-,21-/m1/s1. The van der Waals surface area contributed by atoms with Crippen LogP contribution in [0.2, 0.25) is 0 Å². The van der Waals surface area contributed by atoms with E-state index in [1.54, 1.807) is 12.1 Å². The molecule has 32 heavy (non-hydrogen) atoms. The number of carbonyl (C=O) groups is 2. The Kier molecular flexibility index (Phi) is 5.97. The second-order valence-corrected chi connectivity index (χ2v) is 8.53. The lowest BCUT2D eigenvalue weighted by Crippen LogP contribution is -2.50. The van der Waals surface area contributed by atoms with E-state index in [4.69, 9.17) is 5.73 Å². The van der Waals surface area contributed by atoms with Crippen LogP contribution < -0.4 is 11.1 Å². The smallest absolute Gasteiger partial charge is 0.270 e. The molecule has 2 aromatic rings. The van der Waals surface area contributed by atoms with Crippen molar-refractivity contribution in [2.75, 3.05) is 0 Å². The normalized spacial score (nSPS) is 21.8. The van der Waals surface area contributed by atoms with Gasteiger partial charge < -0.3 is 16.2 Å². The number of nitrogens with zero attached hydrogens (tertiary/aromatic N) is 3. The van der Waals surface area contributed by atoms with Gasteiger partial charge in [-0.3, -0.25) is 19.5 Å². The van der Waals surface area contributed by atoms with Crippen molar-refractivity contribution in [1.82, 2.24) is 15.2 Å². The predicted octanol–water partition coefficient (Wildman–Crippen LogP) is 2.08. The van der Waals surface area contributed by atoms with Gasteiger partial charge >= 0.3 is 0 Å². The van der Waals surface area contributed by atoms with E-state index in [2.05, 4.69) is 15.3 Å². The molecule has 1 aliphatic heterocycles. The summed E-state index contributed by atoms with van der Waals surface area (Å²) in [4.78, 5) is 35.9. The number of aliphatic hydroxyl groups excluding tert-OH is 1. The summed E-state index contributed by atoms with van der Waals surface area (Å²) < 4.78 is 0. The number of nitrogens with two attached hydrogens (primary N) is 1. The van der Waals surface area contributed by atoms with Crippen LogP contribution in [0.3, 0.4) is 0 Å². The molecule has 0 spiro atoms. The maximum Gasteiger partial charge on any atom is 0.270 e. The molecular weight excluding hydrogens is 406 g/mol. The number of aliphatic imine (C=N–C) groups is 1. The summed E-state index contributed by atoms with van der Waals surface area (Å²) in [5.41, 5.74) is 8.60. The molecule has 0 bridgehead atoms. The highest BCUT2D eigenvalue weighted by molar-refractivity contribution is 5.99. The number of pyridine rings is 1. The number of hydrogen-bond acceptors (Lipinski definition) is 6. The average Bonchev–Trinajstić information content (AvgIpc) is 3.11. The number of amides is 2. The molecule has 2 amide bonds. The first-order valence-electron chi connectivity index (χ1n) is 11.0. The minimum atomic E-state index is -0.682. The average molecular weight is 436 g/mol. The molecule has 0 unspecified atom stereocenters. The van der Waals surface area contributed by atoms with Gasteiger partial charge in [-0.1, -0.05) is 38.1 Å². The number of benzene rings is 1. The van der Waals surface area contributed by atoms with E-state index in [9.17, 15) is 14.7 Å². The van der Waals surface area contributed by atoms with Crippen LogP contribution in [-0.2, 0) is 17.8 Å². The lowest BCUT2D eigenvalue weighted by Gasteiger charge is -2.36. The van der Waals surface area contributed by atoms with E-state index >= 15 is 0 Å². The molecule has 1 aromatic carbocycles. The molecule has 0 radical (unpaired) electrons. The highest BCUT2D eigenvalue weighted by atomic mass is 16.3. The molecule has 8 nitrogen and oxygen atoms in total. The highest BCUT2D eigenvalue weighted by Crippen LogP contribution is 2.32. The molecule has 1 aliphatic carbocycles. The van der Waals surface area contributed by atoms with Gasteiger partial charge in [0.2, 0.25) is 5.91 Å². The zero-order valence-electron chi connectivity index (χ0n) is 18.4. The van der Waals surface area contributed by atoms with E-state index < -0.39 is 17.7 Å². The van der Waals surface area contributed by atoms with Gasteiger partial charge in [-0.25, -0.2) is 4.99 Å². The van der Waals surface area contributed by atoms with E-state index in [1.807, 2.05) is 38.1 Å². The molecule has 4 N–H and O–H groups in total. The quantitative estimate of drug-likeness (QED) is 0.641. The molecule has 2 atom stereocenters. The fourth-order valence-corrected chi connectivity index (χ4v) is 4.52. The summed E-state index contributed by atoms with van der Waals surface area (Å²) in [5, 5.41) is 13.3. The fraction of sp³-hybridized carbons (Fsp3) is 0.417. The molecule has 0 saturated carbocycles. The third kappa shape index (κ3) is 4.10. The predicted molar refractivity (Wildman–Crippen MR) is 121 cm³/mol. The maximum absolute atomic E-state index is 12.9. The second kappa shape index (κ2) is 8.70. The Hall–Kier alpha value is -3.26. The van der Waals surface area contributed by atoms with Crippen LogP contribution >= 0.6 is 0 Å². The first-order valence-corrected chi connectivity index (χ1v) is 11.0. The summed E-state index contributed by atoms with van der Waals surface area (Å²) in [6.07, 6.45) is 3.17. The molecule has 0 fully saturated rings. The van der Waals surface area contributed by atoms with Gasteiger partial charge in [-0.2, -0.15) is 0 Å². The van der Waals surface area contributed by atoms with Gasteiger partial charge in [0.15, 0.2) is 5.96 Å². The lowest BCUT2D eigenvalue weighted by molar-refractivity contribution is -0.130. The van der Waals surface area contributed by atoms with Gasteiger partial charge in [0, 0.05) is 12.6 Å². The van der Waals surface area contributed by atoms with Gasteiger partial charge in [0.25, 0.3) is 5.91 Å². The molecule has 2 aliphatic rings. The van der Waals surface area contributed by atoms with Crippen LogP contribution in [0.5, 0.6) is 0 Å². The number of rotatable bonds is 6. The zero-order valence-corrected chi connectivity index (χ0v) is 18.4. The Morgan fingerprint density at radius 3 is 2.75 bits per heavy atom. The van der Waals surface area contributed by atoms with Crippen molar-refractivity contribution in [3.63, 3.8) is 0 Å². The van der Waals surface area contributed by atoms with Crippen LogP contribution in [0.15, 0.2) is 47.6 Å². The molecular formula is C24H29N5O3.